The number of unbranched alkanes of at least 4 members (excludes halogenated alkanes) is 1. The van der Waals surface area contributed by atoms with Gasteiger partial charge in [0.15, 0.2) is 5.71 Å². The summed E-state index contributed by atoms with van der Waals surface area (Å²) in [4.78, 5) is 0. The standard InChI is InChI=1S/C26H28N2/c1-4-5-19-28-23-16-15-20-11-9-10-14-22(20)25(23)26(2,3)24(28)17-18-27-21-12-7-6-8-13-21/h6-18H,4-5,19H2,1-3H3/p+1. The van der Waals surface area contributed by atoms with Gasteiger partial charge in [-0.25, -0.2) is 0 Å². The molecular formula is C26H29N2+. The van der Waals surface area contributed by atoms with E-state index in [4.69, 9.17) is 0 Å². The van der Waals surface area contributed by atoms with E-state index >= 15 is 0 Å². The smallest absolute Gasteiger partial charge is 0.210 e. The van der Waals surface area contributed by atoms with E-state index in [9.17, 15) is 0 Å². The van der Waals surface area contributed by atoms with E-state index in [1.54, 1.807) is 0 Å². The second kappa shape index (κ2) is 7.63. The molecule has 1 aliphatic heterocycles. The van der Waals surface area contributed by atoms with Gasteiger partial charge in [-0.1, -0.05) is 55.8 Å². The number of nitrogens with one attached hydrogen (secondary N) is 1. The van der Waals surface area contributed by atoms with E-state index in [2.05, 4.69) is 104 Å². The van der Waals surface area contributed by atoms with Crippen LogP contribution in [0.4, 0.5) is 11.4 Å². The predicted octanol–water partition coefficient (Wildman–Crippen LogP) is 6.64. The van der Waals surface area contributed by atoms with Crippen molar-refractivity contribution in [3.63, 3.8) is 0 Å². The van der Waals surface area contributed by atoms with Crippen LogP contribution in [0.5, 0.6) is 0 Å². The Kier molecular flexibility index (Phi) is 5.04. The van der Waals surface area contributed by atoms with Crippen LogP contribution in [0.3, 0.4) is 0 Å². The molecule has 1 heterocycles. The van der Waals surface area contributed by atoms with Crippen molar-refractivity contribution in [2.24, 2.45) is 0 Å². The molecule has 4 rings (SSSR count). The van der Waals surface area contributed by atoms with Crippen LogP contribution < -0.4 is 5.32 Å². The number of benzene rings is 3. The predicted molar refractivity (Wildman–Crippen MR) is 121 cm³/mol. The van der Waals surface area contributed by atoms with Crippen LogP contribution in [0.25, 0.3) is 10.8 Å². The Balaban J connectivity index is 1.78. The number of anilines is 1. The number of para-hydroxylation sites is 1. The Morgan fingerprint density at radius 2 is 1.68 bits per heavy atom. The van der Waals surface area contributed by atoms with Crippen LogP contribution in [0.1, 0.15) is 39.2 Å². The molecule has 2 heteroatoms. The van der Waals surface area contributed by atoms with E-state index in [0.717, 1.165) is 12.2 Å². The largest absolute Gasteiger partial charge is 0.361 e. The van der Waals surface area contributed by atoms with Crippen molar-refractivity contribution in [2.45, 2.75) is 39.0 Å². The lowest BCUT2D eigenvalue weighted by molar-refractivity contribution is -0.438. The van der Waals surface area contributed by atoms with E-state index in [-0.39, 0.29) is 5.41 Å². The molecule has 2 nitrogen and oxygen atoms in total. The highest BCUT2D eigenvalue weighted by Gasteiger charge is 2.45. The molecular weight excluding hydrogens is 340 g/mol. The number of hydrogen-bond acceptors (Lipinski definition) is 1. The van der Waals surface area contributed by atoms with Gasteiger partial charge in [0.1, 0.15) is 6.54 Å². The van der Waals surface area contributed by atoms with Gasteiger partial charge in [-0.05, 0) is 42.8 Å². The molecule has 3 aromatic rings. The lowest BCUT2D eigenvalue weighted by Gasteiger charge is -2.17. The third kappa shape index (κ3) is 3.24. The maximum atomic E-state index is 3.42. The van der Waals surface area contributed by atoms with E-state index in [1.807, 2.05) is 6.07 Å². The van der Waals surface area contributed by atoms with Crippen molar-refractivity contribution in [3.8, 4) is 0 Å². The molecule has 0 aliphatic carbocycles. The third-order valence-corrected chi connectivity index (χ3v) is 5.75. The normalized spacial score (nSPS) is 15.4. The number of hydrogen-bond donors (Lipinski definition) is 1. The van der Waals surface area contributed by atoms with Crippen molar-refractivity contribution in [2.75, 3.05) is 11.9 Å². The fourth-order valence-electron chi connectivity index (χ4n) is 4.34. The first-order valence-corrected chi connectivity index (χ1v) is 10.3. The third-order valence-electron chi connectivity index (χ3n) is 5.75. The molecule has 0 saturated heterocycles. The fourth-order valence-corrected chi connectivity index (χ4v) is 4.34. The summed E-state index contributed by atoms with van der Waals surface area (Å²) >= 11 is 0. The number of fused-ring (bicyclic) bond motifs is 3. The van der Waals surface area contributed by atoms with Crippen molar-refractivity contribution < 1.29 is 4.58 Å². The first kappa shape index (κ1) is 18.5. The second-order valence-corrected chi connectivity index (χ2v) is 8.04. The van der Waals surface area contributed by atoms with E-state index < -0.39 is 0 Å². The van der Waals surface area contributed by atoms with E-state index in [0.29, 0.717) is 0 Å². The van der Waals surface area contributed by atoms with Gasteiger partial charge >= 0.3 is 0 Å². The van der Waals surface area contributed by atoms with Gasteiger partial charge < -0.3 is 5.32 Å². The van der Waals surface area contributed by atoms with Crippen LogP contribution in [-0.4, -0.2) is 16.8 Å². The highest BCUT2D eigenvalue weighted by Crippen LogP contribution is 2.44. The zero-order valence-electron chi connectivity index (χ0n) is 17.1. The summed E-state index contributed by atoms with van der Waals surface area (Å²) in [6, 6.07) is 23.7. The molecule has 0 fully saturated rings. The average molecular weight is 370 g/mol. The molecule has 1 aliphatic rings. The molecule has 1 N–H and O–H groups in total. The Hall–Kier alpha value is -2.87. The monoisotopic (exact) mass is 369 g/mol. The molecule has 142 valence electrons. The Labute approximate surface area is 168 Å². The Morgan fingerprint density at radius 1 is 0.929 bits per heavy atom. The quantitative estimate of drug-likeness (QED) is 0.481. The first-order valence-electron chi connectivity index (χ1n) is 10.3. The van der Waals surface area contributed by atoms with Gasteiger partial charge in [0.25, 0.3) is 0 Å². The molecule has 0 unspecified atom stereocenters. The van der Waals surface area contributed by atoms with E-state index in [1.165, 1.54) is 40.6 Å². The highest BCUT2D eigenvalue weighted by molar-refractivity contribution is 6.07. The number of allylic oxidation sites excluding steroid dienone is 1. The second-order valence-electron chi connectivity index (χ2n) is 8.04. The van der Waals surface area contributed by atoms with Crippen molar-refractivity contribution in [1.82, 2.24) is 0 Å². The minimum Gasteiger partial charge on any atom is -0.361 e. The summed E-state index contributed by atoms with van der Waals surface area (Å²) in [6.45, 7) is 8.02. The van der Waals surface area contributed by atoms with Crippen molar-refractivity contribution >= 4 is 27.9 Å². The van der Waals surface area contributed by atoms with Gasteiger partial charge in [-0.15, -0.1) is 0 Å². The maximum absolute atomic E-state index is 3.42. The summed E-state index contributed by atoms with van der Waals surface area (Å²) in [5.41, 5.74) is 5.23. The minimum absolute atomic E-state index is 0.0429. The van der Waals surface area contributed by atoms with Gasteiger partial charge in [0, 0.05) is 36.0 Å². The molecule has 28 heavy (non-hydrogen) atoms. The summed E-state index contributed by atoms with van der Waals surface area (Å²) in [5.74, 6) is 0. The Bertz CT molecular complexity index is 1040. The van der Waals surface area contributed by atoms with Crippen LogP contribution in [0, 0.1) is 0 Å². The molecule has 0 radical (unpaired) electrons. The average Bonchev–Trinajstić information content (AvgIpc) is 2.94. The molecule has 0 atom stereocenters. The summed E-state index contributed by atoms with van der Waals surface area (Å²) in [6.07, 6.45) is 6.72. The zero-order chi connectivity index (χ0) is 19.6. The molecule has 3 aromatic carbocycles. The number of nitrogens with zero attached hydrogens (tertiary/aromatic N) is 1. The fraction of sp³-hybridized carbons (Fsp3) is 0.269. The van der Waals surface area contributed by atoms with Gasteiger partial charge in [0.05, 0.1) is 5.41 Å². The lowest BCUT2D eigenvalue weighted by atomic mass is 9.79. The summed E-state index contributed by atoms with van der Waals surface area (Å²) < 4.78 is 2.52. The van der Waals surface area contributed by atoms with Gasteiger partial charge in [-0.2, -0.15) is 4.58 Å². The first-order chi connectivity index (χ1) is 13.6. The minimum atomic E-state index is -0.0429. The summed E-state index contributed by atoms with van der Waals surface area (Å²) in [7, 11) is 0. The molecule has 0 saturated carbocycles. The Morgan fingerprint density at radius 3 is 2.46 bits per heavy atom. The lowest BCUT2D eigenvalue weighted by Crippen LogP contribution is -2.28. The van der Waals surface area contributed by atoms with Crippen LogP contribution in [0.2, 0.25) is 0 Å². The van der Waals surface area contributed by atoms with Gasteiger partial charge in [0.2, 0.25) is 5.69 Å². The van der Waals surface area contributed by atoms with Crippen molar-refractivity contribution in [1.29, 1.82) is 0 Å². The molecule has 0 amide bonds. The topological polar surface area (TPSA) is 15.0 Å². The molecule has 0 bridgehead atoms. The molecule has 0 spiro atoms. The molecule has 0 aromatic heterocycles. The number of rotatable bonds is 6. The summed E-state index contributed by atoms with van der Waals surface area (Å²) in [5, 5.41) is 6.11. The van der Waals surface area contributed by atoms with Gasteiger partial charge in [-0.3, -0.25) is 0 Å². The van der Waals surface area contributed by atoms with Crippen LogP contribution in [-0.2, 0) is 5.41 Å². The zero-order valence-corrected chi connectivity index (χ0v) is 17.1. The highest BCUT2D eigenvalue weighted by atomic mass is 15.1. The van der Waals surface area contributed by atoms with Crippen molar-refractivity contribution in [3.05, 3.63) is 84.6 Å². The van der Waals surface area contributed by atoms with Crippen LogP contribution in [0.15, 0.2) is 79.0 Å². The van der Waals surface area contributed by atoms with Crippen LogP contribution >= 0.6 is 0 Å². The maximum Gasteiger partial charge on any atom is 0.210 e. The SMILES string of the molecule is CCCC[N+]1=C(/C=C/Nc2ccccc2)C(C)(C)c2c1ccc1ccccc21.